The maximum Gasteiger partial charge on any atom is 0.229 e. The lowest BCUT2D eigenvalue weighted by molar-refractivity contribution is -0.289. The summed E-state index contributed by atoms with van der Waals surface area (Å²) in [6.07, 6.45) is -8.48. The minimum atomic E-state index is -1.87. The lowest BCUT2D eigenvalue weighted by Crippen LogP contribution is -2.60. The Kier molecular flexibility index (Phi) is 7.52. The van der Waals surface area contributed by atoms with E-state index in [0.29, 0.717) is 5.75 Å². The van der Waals surface area contributed by atoms with Crippen molar-refractivity contribution in [3.8, 4) is 11.5 Å². The van der Waals surface area contributed by atoms with Gasteiger partial charge in [-0.1, -0.05) is 18.7 Å². The molecule has 0 aromatic heterocycles. The Morgan fingerprint density at radius 3 is 2.48 bits per heavy atom. The van der Waals surface area contributed by atoms with Crippen molar-refractivity contribution >= 4 is 6.08 Å². The van der Waals surface area contributed by atoms with Crippen LogP contribution in [-0.4, -0.2) is 106 Å². The molecule has 2 aliphatic heterocycles. The molecule has 2 saturated heterocycles. The highest BCUT2D eigenvalue weighted by atomic mass is 16.7. The largest absolute Gasteiger partial charge is 0.493 e. The predicted molar refractivity (Wildman–Crippen MR) is 104 cm³/mol. The summed E-state index contributed by atoms with van der Waals surface area (Å²) >= 11 is 0. The van der Waals surface area contributed by atoms with Crippen molar-refractivity contribution < 1.29 is 54.3 Å². The van der Waals surface area contributed by atoms with Crippen LogP contribution in [0.2, 0.25) is 0 Å². The third-order valence-corrected chi connectivity index (χ3v) is 5.34. The monoisotopic (exact) mass is 444 g/mol. The first-order valence-corrected chi connectivity index (χ1v) is 9.65. The number of ether oxygens (including phenoxy) is 5. The van der Waals surface area contributed by atoms with Crippen LogP contribution in [0.3, 0.4) is 0 Å². The summed E-state index contributed by atoms with van der Waals surface area (Å²) in [5.41, 5.74) is -1.10. The Labute approximate surface area is 178 Å². The molecule has 0 aliphatic carbocycles. The fourth-order valence-electron chi connectivity index (χ4n) is 3.31. The van der Waals surface area contributed by atoms with Crippen LogP contribution in [0.5, 0.6) is 11.5 Å². The Morgan fingerprint density at radius 1 is 1.13 bits per heavy atom. The van der Waals surface area contributed by atoms with Crippen LogP contribution in [0.4, 0.5) is 0 Å². The summed E-state index contributed by atoms with van der Waals surface area (Å²) in [7, 11) is 1.43. The lowest BCUT2D eigenvalue weighted by atomic mass is 9.99. The average Bonchev–Trinajstić information content (AvgIpc) is 3.07. The highest BCUT2D eigenvalue weighted by Crippen LogP contribution is 2.33. The molecule has 31 heavy (non-hydrogen) atoms. The second-order valence-electron chi connectivity index (χ2n) is 7.47. The van der Waals surface area contributed by atoms with Gasteiger partial charge in [-0.15, -0.1) is 0 Å². The minimum absolute atomic E-state index is 0.225. The molecule has 6 N–H and O–H groups in total. The summed E-state index contributed by atoms with van der Waals surface area (Å²) in [4.78, 5) is 0. The van der Waals surface area contributed by atoms with Gasteiger partial charge in [0, 0.05) is 0 Å². The zero-order valence-electron chi connectivity index (χ0n) is 16.9. The second-order valence-corrected chi connectivity index (χ2v) is 7.47. The van der Waals surface area contributed by atoms with E-state index in [2.05, 4.69) is 6.58 Å². The molecule has 0 radical (unpaired) electrons. The lowest BCUT2D eigenvalue weighted by Gasteiger charge is -2.40. The van der Waals surface area contributed by atoms with Crippen molar-refractivity contribution in [3.05, 3.63) is 30.3 Å². The van der Waals surface area contributed by atoms with E-state index in [9.17, 15) is 30.6 Å². The molecule has 2 fully saturated rings. The summed E-state index contributed by atoms with van der Waals surface area (Å²) in [6, 6.07) is 4.94. The van der Waals surface area contributed by atoms with Crippen LogP contribution >= 0.6 is 0 Å². The van der Waals surface area contributed by atoms with E-state index < -0.39 is 55.3 Å². The predicted octanol–water partition coefficient (Wildman–Crippen LogP) is -2.02. The van der Waals surface area contributed by atoms with E-state index in [1.807, 2.05) is 0 Å². The molecule has 2 heterocycles. The first kappa shape index (κ1) is 23.9. The number of rotatable bonds is 8. The number of aliphatic hydroxyl groups is 6. The highest BCUT2D eigenvalue weighted by Gasteiger charge is 2.50. The molecule has 2 aliphatic rings. The van der Waals surface area contributed by atoms with Gasteiger partial charge in [0.2, 0.25) is 6.29 Å². The molecule has 1 aromatic carbocycles. The smallest absolute Gasteiger partial charge is 0.229 e. The molecule has 0 spiro atoms. The van der Waals surface area contributed by atoms with Crippen molar-refractivity contribution in [2.24, 2.45) is 0 Å². The van der Waals surface area contributed by atoms with E-state index in [1.54, 1.807) is 24.3 Å². The molecule has 8 atom stereocenters. The van der Waals surface area contributed by atoms with Gasteiger partial charge >= 0.3 is 0 Å². The summed E-state index contributed by atoms with van der Waals surface area (Å²) in [5, 5.41) is 60.0. The molecule has 0 bridgehead atoms. The maximum atomic E-state index is 10.3. The van der Waals surface area contributed by atoms with Gasteiger partial charge in [-0.3, -0.25) is 0 Å². The zero-order chi connectivity index (χ0) is 22.8. The zero-order valence-corrected chi connectivity index (χ0v) is 16.9. The van der Waals surface area contributed by atoms with Gasteiger partial charge in [0.05, 0.1) is 26.9 Å². The molecular formula is C20H28O11. The number of benzene rings is 1. The first-order valence-electron chi connectivity index (χ1n) is 9.65. The van der Waals surface area contributed by atoms with Gasteiger partial charge < -0.3 is 54.3 Å². The maximum absolute atomic E-state index is 10.3. The first-order chi connectivity index (χ1) is 14.7. The minimum Gasteiger partial charge on any atom is -0.493 e. The molecular weight excluding hydrogens is 416 g/mol. The number of hydrogen-bond donors (Lipinski definition) is 6. The van der Waals surface area contributed by atoms with Crippen molar-refractivity contribution in [2.75, 3.05) is 26.9 Å². The van der Waals surface area contributed by atoms with Crippen LogP contribution in [0.15, 0.2) is 24.8 Å². The van der Waals surface area contributed by atoms with Crippen molar-refractivity contribution in [1.29, 1.82) is 0 Å². The van der Waals surface area contributed by atoms with Gasteiger partial charge in [0.25, 0.3) is 0 Å². The van der Waals surface area contributed by atoms with E-state index in [0.717, 1.165) is 5.56 Å². The number of hydrogen-bond acceptors (Lipinski definition) is 11. The van der Waals surface area contributed by atoms with E-state index in [4.69, 9.17) is 23.7 Å². The topological polar surface area (TPSA) is 168 Å². The van der Waals surface area contributed by atoms with E-state index >= 15 is 0 Å². The fourth-order valence-corrected chi connectivity index (χ4v) is 3.31. The standard InChI is InChI=1S/C20H28O11/c1-3-10-4-5-11(12(6-10)27-2)30-18-16(24)15(23)14(22)13(31-18)7-28-19-17(25)20(26,8-21)9-29-19/h3-6,13-19,21-26H,1,7-9H2,2H3. The summed E-state index contributed by atoms with van der Waals surface area (Å²) < 4.78 is 27.0. The van der Waals surface area contributed by atoms with E-state index in [-0.39, 0.29) is 19.0 Å². The molecule has 0 amide bonds. The van der Waals surface area contributed by atoms with Crippen LogP contribution in [0.1, 0.15) is 5.56 Å². The quantitative estimate of drug-likeness (QED) is 0.262. The Bertz CT molecular complexity index is 759. The van der Waals surface area contributed by atoms with Gasteiger partial charge in [0.1, 0.15) is 36.1 Å². The third-order valence-electron chi connectivity index (χ3n) is 5.34. The molecule has 8 unspecified atom stereocenters. The van der Waals surface area contributed by atoms with Gasteiger partial charge in [-0.05, 0) is 17.7 Å². The van der Waals surface area contributed by atoms with Crippen molar-refractivity contribution in [2.45, 2.75) is 48.7 Å². The summed E-state index contributed by atoms with van der Waals surface area (Å²) in [5.74, 6) is 0.565. The van der Waals surface area contributed by atoms with Crippen LogP contribution < -0.4 is 9.47 Å². The Balaban J connectivity index is 1.68. The SMILES string of the molecule is C=Cc1ccc(OC2OC(COC3OCC(O)(CO)C3O)C(O)C(O)C2O)c(OC)c1. The van der Waals surface area contributed by atoms with Gasteiger partial charge in [-0.2, -0.15) is 0 Å². The molecule has 1 aromatic rings. The molecule has 11 heteroatoms. The average molecular weight is 444 g/mol. The highest BCUT2D eigenvalue weighted by molar-refractivity contribution is 5.54. The molecule has 174 valence electrons. The van der Waals surface area contributed by atoms with Crippen LogP contribution in [0.25, 0.3) is 6.08 Å². The Hall–Kier alpha value is -1.80. The van der Waals surface area contributed by atoms with Crippen molar-refractivity contribution in [3.63, 3.8) is 0 Å². The fraction of sp³-hybridized carbons (Fsp3) is 0.600. The van der Waals surface area contributed by atoms with Crippen LogP contribution in [0, 0.1) is 0 Å². The molecule has 0 saturated carbocycles. The Morgan fingerprint density at radius 2 is 1.87 bits per heavy atom. The normalized spacial score (nSPS) is 38.1. The number of methoxy groups -OCH3 is 1. The van der Waals surface area contributed by atoms with E-state index in [1.165, 1.54) is 7.11 Å². The third kappa shape index (κ3) is 4.85. The molecule has 3 rings (SSSR count). The summed E-state index contributed by atoms with van der Waals surface area (Å²) in [6.45, 7) is 2.21. The van der Waals surface area contributed by atoms with Crippen LogP contribution in [-0.2, 0) is 14.2 Å². The number of aliphatic hydroxyl groups excluding tert-OH is 5. The van der Waals surface area contributed by atoms with Crippen molar-refractivity contribution in [1.82, 2.24) is 0 Å². The second kappa shape index (κ2) is 9.77. The molecule has 11 nitrogen and oxygen atoms in total. The van der Waals surface area contributed by atoms with Gasteiger partial charge in [0.15, 0.2) is 17.8 Å². The van der Waals surface area contributed by atoms with Gasteiger partial charge in [-0.25, -0.2) is 0 Å².